The minimum absolute atomic E-state index is 0.131. The van der Waals surface area contributed by atoms with Gasteiger partial charge in [-0.3, -0.25) is 4.98 Å². The first-order valence-electron chi connectivity index (χ1n) is 5.31. The molecule has 1 aliphatic rings. The van der Waals surface area contributed by atoms with Crippen LogP contribution in [0.5, 0.6) is 0 Å². The Morgan fingerprint density at radius 2 is 2.31 bits per heavy atom. The average Bonchev–Trinajstić information content (AvgIpc) is 2.70. The summed E-state index contributed by atoms with van der Waals surface area (Å²) in [6.45, 7) is 3.06. The minimum Gasteiger partial charge on any atom is -0.381 e. The average molecular weight is 241 g/mol. The molecular formula is C11H15NO3S. The Morgan fingerprint density at radius 3 is 2.88 bits per heavy atom. The maximum absolute atomic E-state index is 12.0. The zero-order valence-corrected chi connectivity index (χ0v) is 10.0. The fourth-order valence-electron chi connectivity index (χ4n) is 1.76. The van der Waals surface area contributed by atoms with Crippen molar-refractivity contribution in [3.63, 3.8) is 0 Å². The van der Waals surface area contributed by atoms with E-state index in [1.54, 1.807) is 12.1 Å². The van der Waals surface area contributed by atoms with Gasteiger partial charge in [0, 0.05) is 18.5 Å². The molecule has 4 nitrogen and oxygen atoms in total. The molecular weight excluding hydrogens is 226 g/mol. The highest BCUT2D eigenvalue weighted by Crippen LogP contribution is 2.19. The summed E-state index contributed by atoms with van der Waals surface area (Å²) >= 11 is 0. The van der Waals surface area contributed by atoms with E-state index in [4.69, 9.17) is 4.74 Å². The molecule has 1 saturated heterocycles. The zero-order valence-electron chi connectivity index (χ0n) is 9.22. The van der Waals surface area contributed by atoms with E-state index in [0.717, 1.165) is 12.1 Å². The second-order valence-corrected chi connectivity index (χ2v) is 6.18. The van der Waals surface area contributed by atoms with Crippen molar-refractivity contribution in [1.29, 1.82) is 0 Å². The second kappa shape index (κ2) is 4.51. The van der Waals surface area contributed by atoms with Gasteiger partial charge < -0.3 is 4.74 Å². The van der Waals surface area contributed by atoms with Crippen LogP contribution in [0.15, 0.2) is 23.2 Å². The Morgan fingerprint density at radius 1 is 1.50 bits per heavy atom. The van der Waals surface area contributed by atoms with Crippen molar-refractivity contribution in [1.82, 2.24) is 4.98 Å². The van der Waals surface area contributed by atoms with E-state index >= 15 is 0 Å². The number of ether oxygens (including phenoxy) is 1. The van der Waals surface area contributed by atoms with Gasteiger partial charge in [0.2, 0.25) is 0 Å². The zero-order chi connectivity index (χ0) is 11.6. The maximum atomic E-state index is 12.0. The molecule has 1 fully saturated rings. The summed E-state index contributed by atoms with van der Waals surface area (Å²) in [5.41, 5.74) is 0.822. The summed E-state index contributed by atoms with van der Waals surface area (Å²) in [4.78, 5) is 4.32. The van der Waals surface area contributed by atoms with Crippen LogP contribution in [0.3, 0.4) is 0 Å². The summed E-state index contributed by atoms with van der Waals surface area (Å²) in [7, 11) is -3.20. The molecule has 0 saturated carbocycles. The van der Waals surface area contributed by atoms with Crippen LogP contribution in [0.2, 0.25) is 0 Å². The van der Waals surface area contributed by atoms with E-state index in [-0.39, 0.29) is 11.7 Å². The molecule has 0 aromatic carbocycles. The van der Waals surface area contributed by atoms with E-state index in [0.29, 0.717) is 18.1 Å². The molecule has 0 N–H and O–H groups in total. The molecule has 2 rings (SSSR count). The predicted molar refractivity (Wildman–Crippen MR) is 60.0 cm³/mol. The SMILES string of the molecule is Cc1ccc(S(=O)(=O)CC2CCOC2)cn1. The first kappa shape index (κ1) is 11.5. The lowest BCUT2D eigenvalue weighted by molar-refractivity contribution is 0.188. The number of sulfone groups is 1. The molecule has 1 atom stereocenters. The van der Waals surface area contributed by atoms with Crippen molar-refractivity contribution in [2.75, 3.05) is 19.0 Å². The minimum atomic E-state index is -3.20. The predicted octanol–water partition coefficient (Wildman–Crippen LogP) is 1.20. The third-order valence-electron chi connectivity index (χ3n) is 2.72. The van der Waals surface area contributed by atoms with Gasteiger partial charge in [-0.2, -0.15) is 0 Å². The summed E-state index contributed by atoms with van der Waals surface area (Å²) in [5, 5.41) is 0. The Labute approximate surface area is 95.6 Å². The molecule has 1 aromatic heterocycles. The smallest absolute Gasteiger partial charge is 0.180 e. The number of rotatable bonds is 3. The molecule has 16 heavy (non-hydrogen) atoms. The lowest BCUT2D eigenvalue weighted by atomic mass is 10.2. The summed E-state index contributed by atoms with van der Waals surface area (Å²) in [5.74, 6) is 0.295. The van der Waals surface area contributed by atoms with Crippen molar-refractivity contribution in [3.8, 4) is 0 Å². The van der Waals surface area contributed by atoms with Crippen molar-refractivity contribution in [2.45, 2.75) is 18.2 Å². The molecule has 0 amide bonds. The summed E-state index contributed by atoms with van der Waals surface area (Å²) in [6.07, 6.45) is 2.26. The Bertz CT molecular complexity index is 447. The van der Waals surface area contributed by atoms with Gasteiger partial charge >= 0.3 is 0 Å². The first-order chi connectivity index (χ1) is 7.58. The van der Waals surface area contributed by atoms with Gasteiger partial charge in [-0.1, -0.05) is 0 Å². The highest BCUT2D eigenvalue weighted by Gasteiger charge is 2.24. The molecule has 88 valence electrons. The fraction of sp³-hybridized carbons (Fsp3) is 0.545. The Balaban J connectivity index is 2.14. The van der Waals surface area contributed by atoms with E-state index in [1.807, 2.05) is 6.92 Å². The van der Waals surface area contributed by atoms with E-state index in [9.17, 15) is 8.42 Å². The Hall–Kier alpha value is -0.940. The van der Waals surface area contributed by atoms with E-state index in [1.165, 1.54) is 6.20 Å². The molecule has 1 aromatic rings. The first-order valence-corrected chi connectivity index (χ1v) is 6.96. The fourth-order valence-corrected chi connectivity index (χ4v) is 3.32. The van der Waals surface area contributed by atoms with Crippen molar-refractivity contribution < 1.29 is 13.2 Å². The van der Waals surface area contributed by atoms with E-state index in [2.05, 4.69) is 4.98 Å². The summed E-state index contributed by atoms with van der Waals surface area (Å²) < 4.78 is 29.2. The normalized spacial score (nSPS) is 21.2. The van der Waals surface area contributed by atoms with Crippen molar-refractivity contribution in [2.24, 2.45) is 5.92 Å². The van der Waals surface area contributed by atoms with E-state index < -0.39 is 9.84 Å². The number of aromatic nitrogens is 1. The standard InChI is InChI=1S/C11H15NO3S/c1-9-2-3-11(6-12-9)16(13,14)8-10-4-5-15-7-10/h2-3,6,10H,4-5,7-8H2,1H3. The lowest BCUT2D eigenvalue weighted by Crippen LogP contribution is -2.16. The molecule has 0 aliphatic carbocycles. The maximum Gasteiger partial charge on any atom is 0.180 e. The number of nitrogens with zero attached hydrogens (tertiary/aromatic N) is 1. The van der Waals surface area contributed by atoms with Gasteiger partial charge in [0.15, 0.2) is 9.84 Å². The molecule has 1 unspecified atom stereocenters. The van der Waals surface area contributed by atoms with Gasteiger partial charge in [-0.05, 0) is 31.4 Å². The Kier molecular flexibility index (Phi) is 3.25. The molecule has 0 radical (unpaired) electrons. The van der Waals surface area contributed by atoms with Crippen LogP contribution in [0.25, 0.3) is 0 Å². The van der Waals surface area contributed by atoms with Crippen LogP contribution in [-0.2, 0) is 14.6 Å². The van der Waals surface area contributed by atoms with Gasteiger partial charge in [0.25, 0.3) is 0 Å². The number of hydrogen-bond acceptors (Lipinski definition) is 4. The van der Waals surface area contributed by atoms with Crippen LogP contribution < -0.4 is 0 Å². The second-order valence-electron chi connectivity index (χ2n) is 4.15. The molecule has 2 heterocycles. The van der Waals surface area contributed by atoms with Crippen LogP contribution >= 0.6 is 0 Å². The third-order valence-corrected chi connectivity index (χ3v) is 4.59. The lowest BCUT2D eigenvalue weighted by Gasteiger charge is -2.08. The largest absolute Gasteiger partial charge is 0.381 e. The van der Waals surface area contributed by atoms with Gasteiger partial charge in [-0.15, -0.1) is 0 Å². The number of aryl methyl sites for hydroxylation is 1. The van der Waals surface area contributed by atoms with Crippen LogP contribution in [0.4, 0.5) is 0 Å². The highest BCUT2D eigenvalue weighted by molar-refractivity contribution is 7.91. The third kappa shape index (κ3) is 2.59. The van der Waals surface area contributed by atoms with Crippen LogP contribution in [-0.4, -0.2) is 32.4 Å². The van der Waals surface area contributed by atoms with Crippen molar-refractivity contribution >= 4 is 9.84 Å². The van der Waals surface area contributed by atoms with Gasteiger partial charge in [-0.25, -0.2) is 8.42 Å². The van der Waals surface area contributed by atoms with Crippen LogP contribution in [0, 0.1) is 12.8 Å². The highest BCUT2D eigenvalue weighted by atomic mass is 32.2. The number of hydrogen-bond donors (Lipinski definition) is 0. The van der Waals surface area contributed by atoms with Gasteiger partial charge in [0.05, 0.1) is 17.3 Å². The van der Waals surface area contributed by atoms with Crippen LogP contribution in [0.1, 0.15) is 12.1 Å². The summed E-state index contributed by atoms with van der Waals surface area (Å²) in [6, 6.07) is 3.34. The molecule has 0 bridgehead atoms. The number of pyridine rings is 1. The molecule has 5 heteroatoms. The molecule has 1 aliphatic heterocycles. The molecule has 0 spiro atoms. The van der Waals surface area contributed by atoms with Gasteiger partial charge in [0.1, 0.15) is 0 Å². The quantitative estimate of drug-likeness (QED) is 0.798. The monoisotopic (exact) mass is 241 g/mol. The topological polar surface area (TPSA) is 56.3 Å². The van der Waals surface area contributed by atoms with Crippen molar-refractivity contribution in [3.05, 3.63) is 24.0 Å².